The zero-order valence-corrected chi connectivity index (χ0v) is 11.4. The van der Waals surface area contributed by atoms with E-state index in [0.717, 1.165) is 0 Å². The third-order valence-corrected chi connectivity index (χ3v) is 5.15. The molecule has 1 atom stereocenters. The third kappa shape index (κ3) is 2.36. The fourth-order valence-electron chi connectivity index (χ4n) is 2.14. The number of hydrogen-bond donors (Lipinski definition) is 1. The highest BCUT2D eigenvalue weighted by Gasteiger charge is 2.32. The highest BCUT2D eigenvalue weighted by atomic mass is 32.2. The molecule has 0 aliphatic carbocycles. The summed E-state index contributed by atoms with van der Waals surface area (Å²) < 4.78 is 31.9. The summed E-state index contributed by atoms with van der Waals surface area (Å²) in [6.45, 7) is 3.74. The van der Waals surface area contributed by atoms with Gasteiger partial charge in [0.25, 0.3) is 0 Å². The maximum Gasteiger partial charge on any atom is 0.247 e. The van der Waals surface area contributed by atoms with E-state index < -0.39 is 10.0 Å². The van der Waals surface area contributed by atoms with Crippen molar-refractivity contribution in [2.45, 2.75) is 17.9 Å². The van der Waals surface area contributed by atoms with E-state index >= 15 is 0 Å². The molecule has 6 heteroatoms. The minimum atomic E-state index is -3.49. The van der Waals surface area contributed by atoms with Crippen LogP contribution in [0.4, 0.5) is 0 Å². The Morgan fingerprint density at radius 1 is 1.39 bits per heavy atom. The lowest BCUT2D eigenvalue weighted by Crippen LogP contribution is -2.52. The second kappa shape index (κ2) is 5.26. The number of piperazine rings is 1. The summed E-state index contributed by atoms with van der Waals surface area (Å²) in [6.07, 6.45) is 0. The van der Waals surface area contributed by atoms with E-state index in [-0.39, 0.29) is 10.9 Å². The second-order valence-corrected chi connectivity index (χ2v) is 6.18. The molecule has 100 valence electrons. The summed E-state index contributed by atoms with van der Waals surface area (Å²) in [5.74, 6) is 0.392. The first-order chi connectivity index (χ1) is 8.57. The van der Waals surface area contributed by atoms with Gasteiger partial charge in [0.05, 0.1) is 7.11 Å². The molecule has 0 bridgehead atoms. The Labute approximate surface area is 108 Å². The van der Waals surface area contributed by atoms with Gasteiger partial charge in [-0.3, -0.25) is 0 Å². The van der Waals surface area contributed by atoms with E-state index in [4.69, 9.17) is 4.74 Å². The first-order valence-electron chi connectivity index (χ1n) is 5.93. The highest BCUT2D eigenvalue weighted by molar-refractivity contribution is 7.89. The molecule has 18 heavy (non-hydrogen) atoms. The first-order valence-corrected chi connectivity index (χ1v) is 7.37. The molecule has 0 spiro atoms. The zero-order chi connectivity index (χ0) is 13.2. The molecule has 2 rings (SSSR count). The van der Waals surface area contributed by atoms with Crippen LogP contribution >= 0.6 is 0 Å². The van der Waals surface area contributed by atoms with Crippen LogP contribution in [-0.2, 0) is 10.0 Å². The number of nitrogens with zero attached hydrogens (tertiary/aromatic N) is 1. The monoisotopic (exact) mass is 270 g/mol. The summed E-state index contributed by atoms with van der Waals surface area (Å²) >= 11 is 0. The molecule has 1 saturated heterocycles. The molecule has 1 fully saturated rings. The fourth-order valence-corrected chi connectivity index (χ4v) is 3.93. The standard InChI is InChI=1S/C12H18N2O3S/c1-10-9-13-7-8-14(10)18(15,16)12-6-4-3-5-11(12)17-2/h3-6,10,13H,7-9H2,1-2H3/t10-/m1/s1. The summed E-state index contributed by atoms with van der Waals surface area (Å²) in [5, 5.41) is 3.18. The molecule has 1 aromatic rings. The minimum Gasteiger partial charge on any atom is -0.495 e. The van der Waals surface area contributed by atoms with E-state index in [1.165, 1.54) is 11.4 Å². The molecule has 0 amide bonds. The van der Waals surface area contributed by atoms with E-state index in [0.29, 0.717) is 25.4 Å². The van der Waals surface area contributed by atoms with Crippen LogP contribution in [0.25, 0.3) is 0 Å². The normalized spacial score (nSPS) is 21.8. The van der Waals surface area contributed by atoms with Crippen molar-refractivity contribution in [3.63, 3.8) is 0 Å². The summed E-state index contributed by atoms with van der Waals surface area (Å²) in [7, 11) is -2.00. The number of benzene rings is 1. The summed E-state index contributed by atoms with van der Waals surface area (Å²) in [5.41, 5.74) is 0. The van der Waals surface area contributed by atoms with Gasteiger partial charge in [-0.2, -0.15) is 4.31 Å². The van der Waals surface area contributed by atoms with E-state index in [9.17, 15) is 8.42 Å². The number of rotatable bonds is 3. The maximum atomic E-state index is 12.6. The smallest absolute Gasteiger partial charge is 0.247 e. The first kappa shape index (κ1) is 13.3. The van der Waals surface area contributed by atoms with Crippen molar-refractivity contribution in [1.29, 1.82) is 0 Å². The Morgan fingerprint density at radius 3 is 2.78 bits per heavy atom. The van der Waals surface area contributed by atoms with Crippen molar-refractivity contribution < 1.29 is 13.2 Å². The molecule has 1 N–H and O–H groups in total. The number of ether oxygens (including phenoxy) is 1. The number of nitrogens with one attached hydrogen (secondary N) is 1. The predicted octanol–water partition coefficient (Wildman–Crippen LogP) is 0.678. The number of para-hydroxylation sites is 1. The van der Waals surface area contributed by atoms with Gasteiger partial charge in [-0.15, -0.1) is 0 Å². The molecule has 1 aromatic carbocycles. The van der Waals surface area contributed by atoms with Gasteiger partial charge in [0, 0.05) is 25.7 Å². The van der Waals surface area contributed by atoms with Crippen LogP contribution < -0.4 is 10.1 Å². The van der Waals surface area contributed by atoms with Gasteiger partial charge < -0.3 is 10.1 Å². The van der Waals surface area contributed by atoms with E-state index in [2.05, 4.69) is 5.32 Å². The lowest BCUT2D eigenvalue weighted by molar-refractivity contribution is 0.282. The van der Waals surface area contributed by atoms with Crippen molar-refractivity contribution in [3.8, 4) is 5.75 Å². The van der Waals surface area contributed by atoms with Gasteiger partial charge in [0.15, 0.2) is 0 Å². The van der Waals surface area contributed by atoms with Crippen LogP contribution in [-0.4, -0.2) is 45.5 Å². The average Bonchev–Trinajstić information content (AvgIpc) is 2.39. The van der Waals surface area contributed by atoms with Crippen LogP contribution in [0.1, 0.15) is 6.92 Å². The Balaban J connectivity index is 2.41. The zero-order valence-electron chi connectivity index (χ0n) is 10.6. The molecule has 1 aliphatic heterocycles. The van der Waals surface area contributed by atoms with Gasteiger partial charge in [-0.1, -0.05) is 12.1 Å². The Bertz CT molecular complexity index is 516. The molecular formula is C12H18N2O3S. The van der Waals surface area contributed by atoms with E-state index in [1.54, 1.807) is 24.3 Å². The van der Waals surface area contributed by atoms with Crippen LogP contribution in [0.15, 0.2) is 29.2 Å². The average molecular weight is 270 g/mol. The third-order valence-electron chi connectivity index (χ3n) is 3.10. The predicted molar refractivity (Wildman–Crippen MR) is 69.2 cm³/mol. The van der Waals surface area contributed by atoms with Crippen LogP contribution in [0.2, 0.25) is 0 Å². The second-order valence-electron chi connectivity index (χ2n) is 4.32. The Morgan fingerprint density at radius 2 is 2.11 bits per heavy atom. The Kier molecular flexibility index (Phi) is 3.89. The van der Waals surface area contributed by atoms with Crippen molar-refractivity contribution in [1.82, 2.24) is 9.62 Å². The van der Waals surface area contributed by atoms with Crippen molar-refractivity contribution >= 4 is 10.0 Å². The molecule has 0 unspecified atom stereocenters. The number of sulfonamides is 1. The largest absolute Gasteiger partial charge is 0.495 e. The summed E-state index contributed by atoms with van der Waals surface area (Å²) in [6, 6.07) is 6.68. The molecule has 0 aromatic heterocycles. The fraction of sp³-hybridized carbons (Fsp3) is 0.500. The van der Waals surface area contributed by atoms with Crippen molar-refractivity contribution in [2.75, 3.05) is 26.7 Å². The molecule has 1 heterocycles. The van der Waals surface area contributed by atoms with Gasteiger partial charge in [0.2, 0.25) is 10.0 Å². The van der Waals surface area contributed by atoms with Gasteiger partial charge in [-0.05, 0) is 19.1 Å². The SMILES string of the molecule is COc1ccccc1S(=O)(=O)N1CCNC[C@H]1C. The number of methoxy groups -OCH3 is 1. The number of hydrogen-bond acceptors (Lipinski definition) is 4. The van der Waals surface area contributed by atoms with E-state index in [1.807, 2.05) is 6.92 Å². The lowest BCUT2D eigenvalue weighted by atomic mass is 10.3. The summed E-state index contributed by atoms with van der Waals surface area (Å²) in [4.78, 5) is 0.237. The molecule has 5 nitrogen and oxygen atoms in total. The van der Waals surface area contributed by atoms with Gasteiger partial charge in [0.1, 0.15) is 10.6 Å². The van der Waals surface area contributed by atoms with Gasteiger partial charge >= 0.3 is 0 Å². The molecule has 0 radical (unpaired) electrons. The van der Waals surface area contributed by atoms with Gasteiger partial charge in [-0.25, -0.2) is 8.42 Å². The topological polar surface area (TPSA) is 58.6 Å². The van der Waals surface area contributed by atoms with Crippen LogP contribution in [0.3, 0.4) is 0 Å². The minimum absolute atomic E-state index is 0.0475. The highest BCUT2D eigenvalue weighted by Crippen LogP contribution is 2.27. The Hall–Kier alpha value is -1.11. The van der Waals surface area contributed by atoms with Crippen LogP contribution in [0.5, 0.6) is 5.75 Å². The lowest BCUT2D eigenvalue weighted by Gasteiger charge is -2.33. The van der Waals surface area contributed by atoms with Crippen molar-refractivity contribution in [2.24, 2.45) is 0 Å². The molecule has 0 saturated carbocycles. The quantitative estimate of drug-likeness (QED) is 0.877. The maximum absolute atomic E-state index is 12.6. The van der Waals surface area contributed by atoms with Crippen molar-refractivity contribution in [3.05, 3.63) is 24.3 Å². The van der Waals surface area contributed by atoms with Crippen LogP contribution in [0, 0.1) is 0 Å². The molecular weight excluding hydrogens is 252 g/mol. The molecule has 1 aliphatic rings.